The van der Waals surface area contributed by atoms with Crippen molar-refractivity contribution in [2.45, 2.75) is 51.0 Å². The summed E-state index contributed by atoms with van der Waals surface area (Å²) in [4.78, 5) is 0. The van der Waals surface area contributed by atoms with Gasteiger partial charge in [0, 0.05) is 19.1 Å². The summed E-state index contributed by atoms with van der Waals surface area (Å²) < 4.78 is 19.6. The maximum absolute atomic E-state index is 13.6. The van der Waals surface area contributed by atoms with E-state index >= 15 is 0 Å². The molecule has 0 bridgehead atoms. The average molecular weight is 291 g/mol. The van der Waals surface area contributed by atoms with Gasteiger partial charge in [0.2, 0.25) is 0 Å². The number of ether oxygens (including phenoxy) is 1. The molecule has 3 heteroatoms. The Bertz CT molecular complexity index is 472. The smallest absolute Gasteiger partial charge is 0.123 e. The Morgan fingerprint density at radius 3 is 3.10 bits per heavy atom. The van der Waals surface area contributed by atoms with Crippen LogP contribution in [0.5, 0.6) is 0 Å². The Hall–Kier alpha value is -0.930. The summed E-state index contributed by atoms with van der Waals surface area (Å²) in [6.45, 7) is 5.11. The van der Waals surface area contributed by atoms with E-state index in [1.807, 2.05) is 6.07 Å². The SMILES string of the molecule is CCCC1CC2(CCNCC2c2cccc(F)c2)CCO1. The van der Waals surface area contributed by atoms with Crippen molar-refractivity contribution >= 4 is 0 Å². The average Bonchev–Trinajstić information content (AvgIpc) is 2.48. The standard InChI is InChI=1S/C18H26FNO/c1-2-4-16-12-18(8-10-21-16)7-9-20-13-17(18)14-5-3-6-15(19)11-14/h3,5-6,11,16-17,20H,2,4,7-10,12-13H2,1H3. The van der Waals surface area contributed by atoms with Gasteiger partial charge in [-0.05, 0) is 55.3 Å². The number of rotatable bonds is 3. The van der Waals surface area contributed by atoms with Crippen molar-refractivity contribution in [1.82, 2.24) is 5.32 Å². The lowest BCUT2D eigenvalue weighted by atomic mass is 9.62. The molecule has 2 fully saturated rings. The minimum Gasteiger partial charge on any atom is -0.378 e. The molecule has 2 aliphatic heterocycles. The van der Waals surface area contributed by atoms with Gasteiger partial charge >= 0.3 is 0 Å². The van der Waals surface area contributed by atoms with Crippen LogP contribution in [0.1, 0.15) is 50.5 Å². The lowest BCUT2D eigenvalue weighted by Gasteiger charge is -2.49. The van der Waals surface area contributed by atoms with E-state index in [9.17, 15) is 4.39 Å². The Labute approximate surface area is 127 Å². The van der Waals surface area contributed by atoms with Crippen LogP contribution < -0.4 is 5.32 Å². The fraction of sp³-hybridized carbons (Fsp3) is 0.667. The highest BCUT2D eigenvalue weighted by atomic mass is 19.1. The molecule has 0 radical (unpaired) electrons. The molecule has 2 heterocycles. The van der Waals surface area contributed by atoms with E-state index in [0.29, 0.717) is 12.0 Å². The van der Waals surface area contributed by atoms with Crippen molar-refractivity contribution < 1.29 is 9.13 Å². The molecule has 3 rings (SSSR count). The molecule has 3 unspecified atom stereocenters. The van der Waals surface area contributed by atoms with E-state index < -0.39 is 0 Å². The van der Waals surface area contributed by atoms with Gasteiger partial charge in [-0.2, -0.15) is 0 Å². The van der Waals surface area contributed by atoms with Gasteiger partial charge in [0.25, 0.3) is 0 Å². The summed E-state index contributed by atoms with van der Waals surface area (Å²) in [5.74, 6) is 0.288. The van der Waals surface area contributed by atoms with Crippen LogP contribution in [0.4, 0.5) is 4.39 Å². The highest BCUT2D eigenvalue weighted by Gasteiger charge is 2.44. The largest absolute Gasteiger partial charge is 0.378 e. The molecule has 1 aromatic rings. The van der Waals surface area contributed by atoms with Crippen molar-refractivity contribution in [3.8, 4) is 0 Å². The van der Waals surface area contributed by atoms with Crippen molar-refractivity contribution in [1.29, 1.82) is 0 Å². The molecule has 1 spiro atoms. The fourth-order valence-corrected chi connectivity index (χ4v) is 4.26. The molecule has 0 amide bonds. The number of piperidine rings is 1. The van der Waals surface area contributed by atoms with Crippen LogP contribution in [-0.2, 0) is 4.74 Å². The summed E-state index contributed by atoms with van der Waals surface area (Å²) in [5, 5.41) is 3.51. The van der Waals surface area contributed by atoms with Gasteiger partial charge in [-0.3, -0.25) is 0 Å². The van der Waals surface area contributed by atoms with Crippen LogP contribution in [0.25, 0.3) is 0 Å². The molecule has 21 heavy (non-hydrogen) atoms. The van der Waals surface area contributed by atoms with Gasteiger partial charge in [0.15, 0.2) is 0 Å². The lowest BCUT2D eigenvalue weighted by Crippen LogP contribution is -2.48. The van der Waals surface area contributed by atoms with Crippen molar-refractivity contribution in [2.75, 3.05) is 19.7 Å². The Morgan fingerprint density at radius 1 is 1.38 bits per heavy atom. The summed E-state index contributed by atoms with van der Waals surface area (Å²) in [7, 11) is 0. The summed E-state index contributed by atoms with van der Waals surface area (Å²) in [5.41, 5.74) is 1.44. The molecular weight excluding hydrogens is 265 g/mol. The molecule has 2 aliphatic rings. The van der Waals surface area contributed by atoms with Crippen LogP contribution in [0.3, 0.4) is 0 Å². The maximum atomic E-state index is 13.6. The summed E-state index contributed by atoms with van der Waals surface area (Å²) in [6.07, 6.45) is 6.12. The van der Waals surface area contributed by atoms with E-state index in [4.69, 9.17) is 4.74 Å². The summed E-state index contributed by atoms with van der Waals surface area (Å²) in [6, 6.07) is 7.20. The highest BCUT2D eigenvalue weighted by molar-refractivity contribution is 5.25. The summed E-state index contributed by atoms with van der Waals surface area (Å²) >= 11 is 0. The third kappa shape index (κ3) is 3.14. The van der Waals surface area contributed by atoms with Crippen molar-refractivity contribution in [3.63, 3.8) is 0 Å². The number of nitrogens with one attached hydrogen (secondary N) is 1. The van der Waals surface area contributed by atoms with E-state index in [1.165, 1.54) is 18.9 Å². The fourth-order valence-electron chi connectivity index (χ4n) is 4.26. The number of hydrogen-bond donors (Lipinski definition) is 1. The Kier molecular flexibility index (Phi) is 4.60. The predicted molar refractivity (Wildman–Crippen MR) is 82.9 cm³/mol. The number of hydrogen-bond acceptors (Lipinski definition) is 2. The van der Waals surface area contributed by atoms with E-state index in [-0.39, 0.29) is 11.2 Å². The highest BCUT2D eigenvalue weighted by Crippen LogP contribution is 2.50. The first-order valence-corrected chi connectivity index (χ1v) is 8.31. The molecule has 0 saturated carbocycles. The molecule has 0 aliphatic carbocycles. The van der Waals surface area contributed by atoms with Crippen LogP contribution in [0.2, 0.25) is 0 Å². The van der Waals surface area contributed by atoms with Crippen LogP contribution >= 0.6 is 0 Å². The lowest BCUT2D eigenvalue weighted by molar-refractivity contribution is -0.0711. The third-order valence-corrected chi connectivity index (χ3v) is 5.34. The minimum absolute atomic E-state index is 0.120. The first-order valence-electron chi connectivity index (χ1n) is 8.31. The first kappa shape index (κ1) is 15.0. The second kappa shape index (κ2) is 6.45. The minimum atomic E-state index is -0.120. The molecular formula is C18H26FNO. The predicted octanol–water partition coefficient (Wildman–Crippen LogP) is 3.87. The maximum Gasteiger partial charge on any atom is 0.123 e. The van der Waals surface area contributed by atoms with Crippen molar-refractivity contribution in [3.05, 3.63) is 35.6 Å². The normalized spacial score (nSPS) is 33.2. The van der Waals surface area contributed by atoms with Gasteiger partial charge in [-0.25, -0.2) is 4.39 Å². The second-order valence-electron chi connectivity index (χ2n) is 6.66. The molecule has 116 valence electrons. The van der Waals surface area contributed by atoms with E-state index in [1.54, 1.807) is 6.07 Å². The Balaban J connectivity index is 1.86. The van der Waals surface area contributed by atoms with Crippen molar-refractivity contribution in [2.24, 2.45) is 5.41 Å². The zero-order chi connectivity index (χ0) is 14.7. The topological polar surface area (TPSA) is 21.3 Å². The monoisotopic (exact) mass is 291 g/mol. The second-order valence-corrected chi connectivity index (χ2v) is 6.66. The van der Waals surface area contributed by atoms with E-state index in [2.05, 4.69) is 18.3 Å². The zero-order valence-electron chi connectivity index (χ0n) is 12.9. The zero-order valence-corrected chi connectivity index (χ0v) is 12.9. The molecule has 2 saturated heterocycles. The third-order valence-electron chi connectivity index (χ3n) is 5.34. The van der Waals surface area contributed by atoms with Crippen LogP contribution in [0, 0.1) is 11.2 Å². The van der Waals surface area contributed by atoms with Crippen LogP contribution in [0.15, 0.2) is 24.3 Å². The molecule has 0 aromatic heterocycles. The van der Waals surface area contributed by atoms with Gasteiger partial charge < -0.3 is 10.1 Å². The van der Waals surface area contributed by atoms with Gasteiger partial charge in [0.05, 0.1) is 6.10 Å². The molecule has 1 aromatic carbocycles. The van der Waals surface area contributed by atoms with Gasteiger partial charge in [0.1, 0.15) is 5.82 Å². The quantitative estimate of drug-likeness (QED) is 0.913. The van der Waals surface area contributed by atoms with Gasteiger partial charge in [-0.1, -0.05) is 25.5 Å². The van der Waals surface area contributed by atoms with Gasteiger partial charge in [-0.15, -0.1) is 0 Å². The molecule has 1 N–H and O–H groups in total. The Morgan fingerprint density at radius 2 is 2.29 bits per heavy atom. The number of benzene rings is 1. The van der Waals surface area contributed by atoms with Crippen LogP contribution in [-0.4, -0.2) is 25.8 Å². The number of halogens is 1. The molecule has 3 atom stereocenters. The first-order chi connectivity index (χ1) is 10.2. The molecule has 2 nitrogen and oxygen atoms in total. The van der Waals surface area contributed by atoms with E-state index in [0.717, 1.165) is 44.5 Å².